The van der Waals surface area contributed by atoms with Crippen LogP contribution in [0.5, 0.6) is 0 Å². The first-order chi connectivity index (χ1) is 12.3. The van der Waals surface area contributed by atoms with E-state index < -0.39 is 17.7 Å². The Hall–Kier alpha value is -1.64. The second-order valence-electron chi connectivity index (χ2n) is 7.33. The highest BCUT2D eigenvalue weighted by Crippen LogP contribution is 2.34. The van der Waals surface area contributed by atoms with Crippen LogP contribution in [0.2, 0.25) is 0 Å². The topological polar surface area (TPSA) is 94.8 Å². The van der Waals surface area contributed by atoms with Crippen molar-refractivity contribution in [2.24, 2.45) is 11.8 Å². The Morgan fingerprint density at radius 3 is 2.65 bits per heavy atom. The van der Waals surface area contributed by atoms with Gasteiger partial charge in [-0.2, -0.15) is 0 Å². The number of terminal acetylenes is 1. The number of carbonyl (C=O) groups excluding carboxylic acids is 1. The van der Waals surface area contributed by atoms with E-state index in [1.54, 1.807) is 6.08 Å². The number of ketones is 1. The number of carbonyl (C=O) groups is 2. The zero-order chi connectivity index (χ0) is 19.6. The lowest BCUT2D eigenvalue weighted by molar-refractivity contribution is -0.137. The zero-order valence-electron chi connectivity index (χ0n) is 15.7. The normalized spacial score (nSPS) is 25.3. The highest BCUT2D eigenvalue weighted by atomic mass is 16.4. The molecule has 1 aliphatic rings. The van der Waals surface area contributed by atoms with Crippen molar-refractivity contribution in [2.45, 2.75) is 82.8 Å². The summed E-state index contributed by atoms with van der Waals surface area (Å²) in [5.74, 6) is 1.30. The fourth-order valence-electron chi connectivity index (χ4n) is 3.65. The number of hydrogen-bond acceptors (Lipinski definition) is 4. The van der Waals surface area contributed by atoms with Gasteiger partial charge in [0.1, 0.15) is 11.4 Å². The minimum atomic E-state index is -1.17. The first kappa shape index (κ1) is 22.4. The average Bonchev–Trinajstić information content (AvgIpc) is 2.84. The van der Waals surface area contributed by atoms with Crippen molar-refractivity contribution in [1.29, 1.82) is 0 Å². The third-order valence-corrected chi connectivity index (χ3v) is 5.13. The van der Waals surface area contributed by atoms with Crippen molar-refractivity contribution in [3.8, 4) is 12.3 Å². The summed E-state index contributed by atoms with van der Waals surface area (Å²) in [5, 5.41) is 29.1. The third-order valence-electron chi connectivity index (χ3n) is 5.13. The van der Waals surface area contributed by atoms with Crippen LogP contribution in [0.25, 0.3) is 0 Å². The van der Waals surface area contributed by atoms with Crippen LogP contribution < -0.4 is 0 Å². The summed E-state index contributed by atoms with van der Waals surface area (Å²) in [6.45, 7) is 1.96. The van der Waals surface area contributed by atoms with Crippen molar-refractivity contribution in [1.82, 2.24) is 0 Å². The summed E-state index contributed by atoms with van der Waals surface area (Å²) in [4.78, 5) is 22.7. The monoisotopic (exact) mass is 364 g/mol. The van der Waals surface area contributed by atoms with E-state index in [-0.39, 0.29) is 30.5 Å². The number of hydrogen-bond donors (Lipinski definition) is 3. The fourth-order valence-corrected chi connectivity index (χ4v) is 3.65. The molecule has 4 atom stereocenters. The minimum absolute atomic E-state index is 0.0819. The summed E-state index contributed by atoms with van der Waals surface area (Å²) >= 11 is 0. The molecule has 1 rings (SSSR count). The number of aliphatic hydroxyl groups excluding tert-OH is 1. The molecule has 0 spiro atoms. The summed E-state index contributed by atoms with van der Waals surface area (Å²) < 4.78 is 0. The Labute approximate surface area is 156 Å². The smallest absolute Gasteiger partial charge is 0.303 e. The van der Waals surface area contributed by atoms with Crippen LogP contribution in [0, 0.1) is 24.2 Å². The lowest BCUT2D eigenvalue weighted by atomic mass is 9.87. The molecule has 146 valence electrons. The van der Waals surface area contributed by atoms with Crippen LogP contribution in [0.3, 0.4) is 0 Å². The van der Waals surface area contributed by atoms with Gasteiger partial charge in [-0.1, -0.05) is 50.7 Å². The van der Waals surface area contributed by atoms with Gasteiger partial charge >= 0.3 is 5.97 Å². The molecule has 0 saturated heterocycles. The number of rotatable bonds is 12. The summed E-state index contributed by atoms with van der Waals surface area (Å²) in [5.41, 5.74) is -1.17. The van der Waals surface area contributed by atoms with E-state index >= 15 is 0 Å². The van der Waals surface area contributed by atoms with Crippen LogP contribution in [-0.2, 0) is 9.59 Å². The molecular weight excluding hydrogens is 332 g/mol. The van der Waals surface area contributed by atoms with Gasteiger partial charge in [0.15, 0.2) is 0 Å². The van der Waals surface area contributed by atoms with E-state index in [9.17, 15) is 19.8 Å². The molecule has 1 fully saturated rings. The minimum Gasteiger partial charge on any atom is -0.481 e. The van der Waals surface area contributed by atoms with Crippen molar-refractivity contribution >= 4 is 11.8 Å². The van der Waals surface area contributed by atoms with E-state index in [4.69, 9.17) is 11.5 Å². The molecule has 0 aromatic carbocycles. The van der Waals surface area contributed by atoms with Crippen LogP contribution in [0.4, 0.5) is 0 Å². The lowest BCUT2D eigenvalue weighted by Gasteiger charge is -2.21. The molecular formula is C21H32O5. The van der Waals surface area contributed by atoms with Crippen LogP contribution in [0.1, 0.15) is 71.1 Å². The van der Waals surface area contributed by atoms with E-state index in [0.29, 0.717) is 25.7 Å². The number of carboxylic acids is 1. The maximum absolute atomic E-state index is 12.2. The SMILES string of the molecule is C#CC(O)(CC=C[C@H]1[C@H](O)CC(=O)[C@@H]1CCCCCCC(=O)O)CCC. The standard InChI is InChI=1S/C21H32O5/c1-3-13-21(26,4-2)14-9-11-17-16(18(22)15-19(17)23)10-7-5-6-8-12-20(24)25/h2,9,11,16-17,19,23,26H,3,5-8,10,12-15H2,1H3,(H,24,25)/t16-,17-,19-,21?/m1/s1. The predicted molar refractivity (Wildman–Crippen MR) is 100 cm³/mol. The Morgan fingerprint density at radius 1 is 1.35 bits per heavy atom. The maximum atomic E-state index is 12.2. The Kier molecular flexibility index (Phi) is 9.61. The van der Waals surface area contributed by atoms with Gasteiger partial charge < -0.3 is 15.3 Å². The molecule has 3 N–H and O–H groups in total. The molecule has 0 aliphatic heterocycles. The average molecular weight is 364 g/mol. The molecule has 26 heavy (non-hydrogen) atoms. The van der Waals surface area contributed by atoms with Crippen LogP contribution >= 0.6 is 0 Å². The van der Waals surface area contributed by atoms with Gasteiger partial charge in [-0.15, -0.1) is 6.42 Å². The fraction of sp³-hybridized carbons (Fsp3) is 0.714. The molecule has 0 aromatic heterocycles. The van der Waals surface area contributed by atoms with E-state index in [1.165, 1.54) is 0 Å². The molecule has 0 bridgehead atoms. The second-order valence-corrected chi connectivity index (χ2v) is 7.33. The summed E-state index contributed by atoms with van der Waals surface area (Å²) in [6.07, 6.45) is 14.3. The number of unbranched alkanes of at least 4 members (excludes halogenated alkanes) is 3. The van der Waals surface area contributed by atoms with Crippen molar-refractivity contribution in [3.05, 3.63) is 12.2 Å². The zero-order valence-corrected chi connectivity index (χ0v) is 15.7. The van der Waals surface area contributed by atoms with Gasteiger partial charge in [0.25, 0.3) is 0 Å². The number of Topliss-reactive ketones (excluding diaryl/α,β-unsaturated/α-hetero) is 1. The Bertz CT molecular complexity index is 533. The van der Waals surface area contributed by atoms with E-state index in [2.05, 4.69) is 5.92 Å². The van der Waals surface area contributed by atoms with Gasteiger partial charge in [0.05, 0.1) is 6.10 Å². The molecule has 0 amide bonds. The highest BCUT2D eigenvalue weighted by molar-refractivity contribution is 5.84. The highest BCUT2D eigenvalue weighted by Gasteiger charge is 2.39. The number of aliphatic carboxylic acids is 1. The Balaban J connectivity index is 2.51. The van der Waals surface area contributed by atoms with Gasteiger partial charge in [-0.3, -0.25) is 9.59 Å². The summed E-state index contributed by atoms with van der Waals surface area (Å²) in [6, 6.07) is 0. The van der Waals surface area contributed by atoms with Crippen LogP contribution in [0.15, 0.2) is 12.2 Å². The van der Waals surface area contributed by atoms with Crippen molar-refractivity contribution in [2.75, 3.05) is 0 Å². The number of aliphatic hydroxyl groups is 2. The number of carboxylic acid groups (broad SMARTS) is 1. The largest absolute Gasteiger partial charge is 0.481 e. The first-order valence-electron chi connectivity index (χ1n) is 9.62. The molecule has 1 aliphatic carbocycles. The molecule has 1 unspecified atom stereocenters. The molecule has 5 heteroatoms. The quantitative estimate of drug-likeness (QED) is 0.281. The van der Waals surface area contributed by atoms with Gasteiger partial charge in [0, 0.05) is 31.1 Å². The van der Waals surface area contributed by atoms with Crippen molar-refractivity contribution < 1.29 is 24.9 Å². The first-order valence-corrected chi connectivity index (χ1v) is 9.62. The predicted octanol–water partition coefficient (Wildman–Crippen LogP) is 3.09. The van der Waals surface area contributed by atoms with E-state index in [1.807, 2.05) is 13.0 Å². The van der Waals surface area contributed by atoms with Gasteiger partial charge in [-0.05, 0) is 19.3 Å². The van der Waals surface area contributed by atoms with Crippen molar-refractivity contribution in [3.63, 3.8) is 0 Å². The Morgan fingerprint density at radius 2 is 2.04 bits per heavy atom. The van der Waals surface area contributed by atoms with Gasteiger partial charge in [0.2, 0.25) is 0 Å². The van der Waals surface area contributed by atoms with E-state index in [0.717, 1.165) is 25.7 Å². The molecule has 0 heterocycles. The maximum Gasteiger partial charge on any atom is 0.303 e. The third kappa shape index (κ3) is 7.31. The van der Waals surface area contributed by atoms with Gasteiger partial charge in [-0.25, -0.2) is 0 Å². The molecule has 0 aromatic rings. The second kappa shape index (κ2) is 11.2. The lowest BCUT2D eigenvalue weighted by Crippen LogP contribution is -2.25. The summed E-state index contributed by atoms with van der Waals surface area (Å²) in [7, 11) is 0. The molecule has 5 nitrogen and oxygen atoms in total. The van der Waals surface area contributed by atoms with Crippen LogP contribution in [-0.4, -0.2) is 38.8 Å². The molecule has 0 radical (unpaired) electrons. The molecule has 1 saturated carbocycles.